The SMILES string of the molecule is O=C(NCCCCN1CCCC1CO)C1CC2CCC1C2. The second kappa shape index (κ2) is 7.10. The molecule has 1 heterocycles. The number of amides is 1. The first kappa shape index (κ1) is 15.3. The van der Waals surface area contributed by atoms with Gasteiger partial charge in [-0.15, -0.1) is 0 Å². The second-order valence-corrected chi connectivity index (χ2v) is 7.29. The number of likely N-dealkylation sites (tertiary alicyclic amines) is 1. The maximum Gasteiger partial charge on any atom is 0.223 e. The molecule has 2 N–H and O–H groups in total. The van der Waals surface area contributed by atoms with Gasteiger partial charge in [0.2, 0.25) is 5.91 Å². The summed E-state index contributed by atoms with van der Waals surface area (Å²) in [7, 11) is 0. The highest BCUT2D eigenvalue weighted by Gasteiger charge is 2.42. The smallest absolute Gasteiger partial charge is 0.223 e. The molecular weight excluding hydrogens is 264 g/mol. The third-order valence-electron chi connectivity index (χ3n) is 5.96. The quantitative estimate of drug-likeness (QED) is 0.704. The van der Waals surface area contributed by atoms with Crippen molar-refractivity contribution in [1.82, 2.24) is 10.2 Å². The van der Waals surface area contributed by atoms with Gasteiger partial charge in [0.15, 0.2) is 0 Å². The molecule has 0 aromatic carbocycles. The van der Waals surface area contributed by atoms with Gasteiger partial charge in [-0.05, 0) is 69.9 Å². The molecule has 4 atom stereocenters. The lowest BCUT2D eigenvalue weighted by atomic mass is 9.88. The lowest BCUT2D eigenvalue weighted by Crippen LogP contribution is -2.35. The van der Waals surface area contributed by atoms with E-state index in [-0.39, 0.29) is 0 Å². The molecule has 2 saturated carbocycles. The number of aliphatic hydroxyl groups is 1. The van der Waals surface area contributed by atoms with Crippen LogP contribution < -0.4 is 5.32 Å². The van der Waals surface area contributed by atoms with Crippen LogP contribution >= 0.6 is 0 Å². The van der Waals surface area contributed by atoms with Crippen LogP contribution in [-0.4, -0.2) is 48.2 Å². The maximum absolute atomic E-state index is 12.2. The Bertz CT molecular complexity index is 361. The minimum atomic E-state index is 0.293. The number of rotatable bonds is 7. The average Bonchev–Trinajstić information content (AvgIpc) is 3.22. The van der Waals surface area contributed by atoms with Crippen molar-refractivity contribution in [3.63, 3.8) is 0 Å². The number of nitrogens with one attached hydrogen (secondary N) is 1. The van der Waals surface area contributed by atoms with E-state index in [0.29, 0.717) is 30.4 Å². The van der Waals surface area contributed by atoms with Crippen molar-refractivity contribution in [2.45, 2.75) is 57.4 Å². The van der Waals surface area contributed by atoms with E-state index in [1.54, 1.807) is 0 Å². The molecule has 4 unspecified atom stereocenters. The van der Waals surface area contributed by atoms with Gasteiger partial charge in [0, 0.05) is 18.5 Å². The second-order valence-electron chi connectivity index (χ2n) is 7.29. The largest absolute Gasteiger partial charge is 0.395 e. The van der Waals surface area contributed by atoms with Crippen LogP contribution in [0.1, 0.15) is 51.4 Å². The summed E-state index contributed by atoms with van der Waals surface area (Å²) < 4.78 is 0. The molecule has 1 aliphatic heterocycles. The molecule has 0 spiro atoms. The van der Waals surface area contributed by atoms with Gasteiger partial charge >= 0.3 is 0 Å². The first-order valence-electron chi connectivity index (χ1n) is 8.90. The van der Waals surface area contributed by atoms with E-state index < -0.39 is 0 Å². The molecule has 1 amide bonds. The number of unbranched alkanes of at least 4 members (excludes halogenated alkanes) is 1. The van der Waals surface area contributed by atoms with Crippen LogP contribution in [0, 0.1) is 17.8 Å². The zero-order chi connectivity index (χ0) is 14.7. The lowest BCUT2D eigenvalue weighted by Gasteiger charge is -2.23. The molecule has 4 nitrogen and oxygen atoms in total. The fourth-order valence-electron chi connectivity index (χ4n) is 4.74. The third-order valence-corrected chi connectivity index (χ3v) is 5.96. The molecule has 1 saturated heterocycles. The number of hydrogen-bond acceptors (Lipinski definition) is 3. The fraction of sp³-hybridized carbons (Fsp3) is 0.941. The van der Waals surface area contributed by atoms with Gasteiger partial charge in [-0.2, -0.15) is 0 Å². The first-order valence-corrected chi connectivity index (χ1v) is 8.90. The molecule has 3 rings (SSSR count). The Kier molecular flexibility index (Phi) is 5.17. The van der Waals surface area contributed by atoms with Crippen LogP contribution in [0.2, 0.25) is 0 Å². The number of carbonyl (C=O) groups excluding carboxylic acids is 1. The van der Waals surface area contributed by atoms with Crippen molar-refractivity contribution in [2.75, 3.05) is 26.2 Å². The van der Waals surface area contributed by atoms with Crippen molar-refractivity contribution in [3.8, 4) is 0 Å². The van der Waals surface area contributed by atoms with Gasteiger partial charge in [-0.1, -0.05) is 6.42 Å². The minimum absolute atomic E-state index is 0.293. The van der Waals surface area contributed by atoms with E-state index >= 15 is 0 Å². The molecule has 3 aliphatic rings. The lowest BCUT2D eigenvalue weighted by molar-refractivity contribution is -0.126. The summed E-state index contributed by atoms with van der Waals surface area (Å²) in [5.74, 6) is 2.17. The Balaban J connectivity index is 1.27. The van der Waals surface area contributed by atoms with Gasteiger partial charge in [0.05, 0.1) is 6.61 Å². The van der Waals surface area contributed by atoms with Crippen LogP contribution in [0.4, 0.5) is 0 Å². The number of nitrogens with zero attached hydrogens (tertiary/aromatic N) is 1. The van der Waals surface area contributed by atoms with E-state index in [9.17, 15) is 9.90 Å². The molecule has 21 heavy (non-hydrogen) atoms. The van der Waals surface area contributed by atoms with Gasteiger partial charge in [0.1, 0.15) is 0 Å². The standard InChI is InChI=1S/C17H30N2O2/c20-12-15-4-3-9-19(15)8-2-1-7-18-17(21)16-11-13-5-6-14(16)10-13/h13-16,20H,1-12H2,(H,18,21). The summed E-state index contributed by atoms with van der Waals surface area (Å²) in [5.41, 5.74) is 0. The molecule has 0 aromatic heterocycles. The Labute approximate surface area is 128 Å². The van der Waals surface area contributed by atoms with Crippen molar-refractivity contribution < 1.29 is 9.90 Å². The Hall–Kier alpha value is -0.610. The maximum atomic E-state index is 12.2. The van der Waals surface area contributed by atoms with E-state index in [4.69, 9.17) is 0 Å². The molecule has 0 aromatic rings. The highest BCUT2D eigenvalue weighted by molar-refractivity contribution is 5.79. The third kappa shape index (κ3) is 3.59. The number of fused-ring (bicyclic) bond motifs is 2. The summed E-state index contributed by atoms with van der Waals surface area (Å²) in [6.45, 7) is 3.31. The predicted molar refractivity (Wildman–Crippen MR) is 82.9 cm³/mol. The number of carbonyl (C=O) groups is 1. The summed E-state index contributed by atoms with van der Waals surface area (Å²) >= 11 is 0. The zero-order valence-corrected chi connectivity index (χ0v) is 13.1. The minimum Gasteiger partial charge on any atom is -0.395 e. The molecule has 2 aliphatic carbocycles. The van der Waals surface area contributed by atoms with E-state index in [1.807, 2.05) is 0 Å². The molecule has 120 valence electrons. The topological polar surface area (TPSA) is 52.6 Å². The fourth-order valence-corrected chi connectivity index (χ4v) is 4.74. The average molecular weight is 294 g/mol. The van der Waals surface area contributed by atoms with Crippen molar-refractivity contribution in [3.05, 3.63) is 0 Å². The van der Waals surface area contributed by atoms with Crippen LogP contribution in [0.5, 0.6) is 0 Å². The van der Waals surface area contributed by atoms with E-state index in [2.05, 4.69) is 10.2 Å². The zero-order valence-electron chi connectivity index (χ0n) is 13.1. The molecular formula is C17H30N2O2. The molecule has 3 fully saturated rings. The Morgan fingerprint density at radius 3 is 2.81 bits per heavy atom. The van der Waals surface area contributed by atoms with Gasteiger partial charge in [0.25, 0.3) is 0 Å². The van der Waals surface area contributed by atoms with Gasteiger partial charge < -0.3 is 10.4 Å². The summed E-state index contributed by atoms with van der Waals surface area (Å²) in [5, 5.41) is 12.4. The van der Waals surface area contributed by atoms with Gasteiger partial charge in [-0.3, -0.25) is 9.69 Å². The first-order chi connectivity index (χ1) is 10.3. The van der Waals surface area contributed by atoms with Crippen molar-refractivity contribution >= 4 is 5.91 Å². The van der Waals surface area contributed by atoms with Crippen LogP contribution in [0.15, 0.2) is 0 Å². The summed E-state index contributed by atoms with van der Waals surface area (Å²) in [4.78, 5) is 14.6. The number of hydrogen-bond donors (Lipinski definition) is 2. The molecule has 2 bridgehead atoms. The Morgan fingerprint density at radius 2 is 2.10 bits per heavy atom. The van der Waals surface area contributed by atoms with Crippen LogP contribution in [0.3, 0.4) is 0 Å². The van der Waals surface area contributed by atoms with E-state index in [1.165, 1.54) is 25.7 Å². The summed E-state index contributed by atoms with van der Waals surface area (Å²) in [6.07, 6.45) is 9.60. The highest BCUT2D eigenvalue weighted by Crippen LogP contribution is 2.48. The van der Waals surface area contributed by atoms with Crippen LogP contribution in [0.25, 0.3) is 0 Å². The van der Waals surface area contributed by atoms with Crippen molar-refractivity contribution in [2.24, 2.45) is 17.8 Å². The molecule has 0 radical (unpaired) electrons. The molecule has 4 heteroatoms. The van der Waals surface area contributed by atoms with Crippen LogP contribution in [-0.2, 0) is 4.79 Å². The number of aliphatic hydroxyl groups excluding tert-OH is 1. The summed E-state index contributed by atoms with van der Waals surface area (Å²) in [6, 6.07) is 0.383. The Morgan fingerprint density at radius 1 is 1.19 bits per heavy atom. The van der Waals surface area contributed by atoms with Gasteiger partial charge in [-0.25, -0.2) is 0 Å². The van der Waals surface area contributed by atoms with E-state index in [0.717, 1.165) is 51.2 Å². The predicted octanol–water partition coefficient (Wildman–Crippen LogP) is 1.78. The monoisotopic (exact) mass is 294 g/mol. The highest BCUT2D eigenvalue weighted by atomic mass is 16.3. The van der Waals surface area contributed by atoms with Crippen molar-refractivity contribution in [1.29, 1.82) is 0 Å². The normalized spacial score (nSPS) is 35.5.